The zero-order chi connectivity index (χ0) is 13.9. The molecular weight excluding hydrogens is 256 g/mol. The van der Waals surface area contributed by atoms with Crippen LogP contribution in [0.25, 0.3) is 11.1 Å². The smallest absolute Gasteiger partial charge is 0.343 e. The number of hydrogen-bond donors (Lipinski definition) is 0. The molecule has 0 N–H and O–H groups in total. The first-order valence-corrected chi connectivity index (χ1v) is 5.82. The number of ether oxygens (including phenoxy) is 1. The van der Waals surface area contributed by atoms with E-state index in [9.17, 15) is 4.79 Å². The summed E-state index contributed by atoms with van der Waals surface area (Å²) in [5.41, 5.74) is 1.97. The van der Waals surface area contributed by atoms with Crippen molar-refractivity contribution < 1.29 is 13.9 Å². The van der Waals surface area contributed by atoms with E-state index in [-0.39, 0.29) is 0 Å². The minimum absolute atomic E-state index is 0.323. The lowest BCUT2D eigenvalue weighted by Gasteiger charge is -2.04. The second-order valence-electron chi connectivity index (χ2n) is 4.06. The molecule has 0 saturated carbocycles. The van der Waals surface area contributed by atoms with Gasteiger partial charge in [-0.2, -0.15) is 5.26 Å². The number of oxazole rings is 1. The van der Waals surface area contributed by atoms with E-state index in [2.05, 4.69) is 4.98 Å². The third kappa shape index (κ3) is 2.22. The monoisotopic (exact) mass is 264 g/mol. The minimum Gasteiger partial charge on any atom is -0.443 e. The predicted molar refractivity (Wildman–Crippen MR) is 70.1 cm³/mol. The van der Waals surface area contributed by atoms with Gasteiger partial charge in [-0.25, -0.2) is 9.78 Å². The first-order chi connectivity index (χ1) is 9.76. The minimum atomic E-state index is -0.523. The quantitative estimate of drug-likeness (QED) is 0.525. The Morgan fingerprint density at radius 1 is 1.25 bits per heavy atom. The summed E-state index contributed by atoms with van der Waals surface area (Å²) in [6.45, 7) is 0. The summed E-state index contributed by atoms with van der Waals surface area (Å²) < 4.78 is 10.4. The van der Waals surface area contributed by atoms with Crippen LogP contribution in [0.4, 0.5) is 0 Å². The molecule has 2 aromatic carbocycles. The molecule has 0 saturated heterocycles. The summed E-state index contributed by atoms with van der Waals surface area (Å²) in [5.74, 6) is -0.149. The summed E-state index contributed by atoms with van der Waals surface area (Å²) in [4.78, 5) is 16.0. The molecule has 0 amide bonds. The fraction of sp³-hybridized carbons (Fsp3) is 0. The Morgan fingerprint density at radius 2 is 2.15 bits per heavy atom. The number of esters is 1. The molecule has 20 heavy (non-hydrogen) atoms. The molecule has 0 unspecified atom stereocenters. The normalized spacial score (nSPS) is 10.2. The van der Waals surface area contributed by atoms with Gasteiger partial charge in [0.05, 0.1) is 17.2 Å². The highest BCUT2D eigenvalue weighted by Gasteiger charge is 2.10. The molecule has 3 aromatic rings. The molecule has 0 aliphatic carbocycles. The third-order valence-electron chi connectivity index (χ3n) is 2.74. The molecule has 0 spiro atoms. The maximum Gasteiger partial charge on any atom is 0.343 e. The average molecular weight is 264 g/mol. The zero-order valence-electron chi connectivity index (χ0n) is 10.2. The van der Waals surface area contributed by atoms with E-state index in [1.165, 1.54) is 12.5 Å². The number of hydrogen-bond acceptors (Lipinski definition) is 5. The standard InChI is InChI=1S/C15H8N2O3/c16-8-10-2-1-3-11(6-10)15(18)20-12-4-5-14-13(7-12)17-9-19-14/h1-7,9H. The van der Waals surface area contributed by atoms with Gasteiger partial charge in [0.25, 0.3) is 0 Å². The van der Waals surface area contributed by atoms with Crippen molar-refractivity contribution in [1.29, 1.82) is 5.26 Å². The highest BCUT2D eigenvalue weighted by atomic mass is 16.5. The zero-order valence-corrected chi connectivity index (χ0v) is 10.2. The molecule has 0 aliphatic rings. The van der Waals surface area contributed by atoms with Gasteiger partial charge >= 0.3 is 5.97 Å². The molecule has 0 aliphatic heterocycles. The van der Waals surface area contributed by atoms with Crippen LogP contribution in [-0.2, 0) is 0 Å². The maximum absolute atomic E-state index is 12.0. The second-order valence-corrected chi connectivity index (χ2v) is 4.06. The van der Waals surface area contributed by atoms with Gasteiger partial charge in [-0.3, -0.25) is 0 Å². The number of carbonyl (C=O) groups is 1. The molecule has 3 rings (SSSR count). The number of nitriles is 1. The molecule has 5 heteroatoms. The number of rotatable bonds is 2. The maximum atomic E-state index is 12.0. The third-order valence-corrected chi connectivity index (χ3v) is 2.74. The van der Waals surface area contributed by atoms with Crippen LogP contribution in [0.15, 0.2) is 53.3 Å². The first kappa shape index (κ1) is 11.9. The van der Waals surface area contributed by atoms with Crippen LogP contribution in [0.1, 0.15) is 15.9 Å². The number of carbonyl (C=O) groups excluding carboxylic acids is 1. The van der Waals surface area contributed by atoms with E-state index < -0.39 is 5.97 Å². The molecule has 1 aromatic heterocycles. The topological polar surface area (TPSA) is 76.1 Å². The van der Waals surface area contributed by atoms with E-state index in [1.54, 1.807) is 36.4 Å². The van der Waals surface area contributed by atoms with Crippen molar-refractivity contribution in [2.45, 2.75) is 0 Å². The van der Waals surface area contributed by atoms with Gasteiger partial charge < -0.3 is 9.15 Å². The second kappa shape index (κ2) is 4.86. The SMILES string of the molecule is N#Cc1cccc(C(=O)Oc2ccc3ocnc3c2)c1. The van der Waals surface area contributed by atoms with Crippen LogP contribution in [0.5, 0.6) is 5.75 Å². The Kier molecular flexibility index (Phi) is 2.90. The van der Waals surface area contributed by atoms with Crippen LogP contribution < -0.4 is 4.74 Å². The summed E-state index contributed by atoms with van der Waals surface area (Å²) in [5, 5.41) is 8.81. The fourth-order valence-electron chi connectivity index (χ4n) is 1.78. The largest absolute Gasteiger partial charge is 0.443 e. The summed E-state index contributed by atoms with van der Waals surface area (Å²) in [7, 11) is 0. The van der Waals surface area contributed by atoms with Crippen molar-refractivity contribution in [2.75, 3.05) is 0 Å². The summed E-state index contributed by atoms with van der Waals surface area (Å²) >= 11 is 0. The van der Waals surface area contributed by atoms with Crippen LogP contribution in [-0.4, -0.2) is 11.0 Å². The molecule has 0 fully saturated rings. The molecule has 5 nitrogen and oxygen atoms in total. The number of benzene rings is 2. The van der Waals surface area contributed by atoms with Gasteiger partial charge in [0.1, 0.15) is 11.3 Å². The number of nitrogens with zero attached hydrogens (tertiary/aromatic N) is 2. The lowest BCUT2D eigenvalue weighted by atomic mass is 10.1. The van der Waals surface area contributed by atoms with Crippen molar-refractivity contribution in [1.82, 2.24) is 4.98 Å². The molecule has 0 atom stereocenters. The van der Waals surface area contributed by atoms with Crippen molar-refractivity contribution in [2.24, 2.45) is 0 Å². The van der Waals surface area contributed by atoms with Crippen molar-refractivity contribution >= 4 is 17.1 Å². The van der Waals surface area contributed by atoms with Crippen molar-refractivity contribution in [3.63, 3.8) is 0 Å². The van der Waals surface area contributed by atoms with E-state index in [4.69, 9.17) is 14.4 Å². The van der Waals surface area contributed by atoms with Gasteiger partial charge in [-0.1, -0.05) is 6.07 Å². The van der Waals surface area contributed by atoms with Gasteiger partial charge in [-0.15, -0.1) is 0 Å². The van der Waals surface area contributed by atoms with E-state index in [1.807, 2.05) is 6.07 Å². The summed E-state index contributed by atoms with van der Waals surface area (Å²) in [6.07, 6.45) is 1.33. The average Bonchev–Trinajstić information content (AvgIpc) is 2.95. The molecule has 1 heterocycles. The van der Waals surface area contributed by atoms with E-state index in [0.29, 0.717) is 28.0 Å². The van der Waals surface area contributed by atoms with Crippen molar-refractivity contribution in [3.8, 4) is 11.8 Å². The Morgan fingerprint density at radius 3 is 3.00 bits per heavy atom. The van der Waals surface area contributed by atoms with E-state index in [0.717, 1.165) is 0 Å². The number of aromatic nitrogens is 1. The van der Waals surface area contributed by atoms with Crippen LogP contribution in [0.3, 0.4) is 0 Å². The van der Waals surface area contributed by atoms with Crippen molar-refractivity contribution in [3.05, 3.63) is 60.0 Å². The lowest BCUT2D eigenvalue weighted by Crippen LogP contribution is -2.08. The van der Waals surface area contributed by atoms with Gasteiger partial charge in [-0.05, 0) is 30.3 Å². The van der Waals surface area contributed by atoms with Crippen LogP contribution in [0, 0.1) is 11.3 Å². The highest BCUT2D eigenvalue weighted by molar-refractivity contribution is 5.91. The van der Waals surface area contributed by atoms with Gasteiger partial charge in [0.2, 0.25) is 0 Å². The molecule has 0 radical (unpaired) electrons. The Bertz CT molecular complexity index is 830. The molecular formula is C15H8N2O3. The van der Waals surface area contributed by atoms with Gasteiger partial charge in [0, 0.05) is 6.07 Å². The lowest BCUT2D eigenvalue weighted by molar-refractivity contribution is 0.0735. The first-order valence-electron chi connectivity index (χ1n) is 5.82. The Balaban J connectivity index is 1.86. The van der Waals surface area contributed by atoms with Gasteiger partial charge in [0.15, 0.2) is 12.0 Å². The van der Waals surface area contributed by atoms with Crippen LogP contribution in [0.2, 0.25) is 0 Å². The Labute approximate surface area is 114 Å². The van der Waals surface area contributed by atoms with E-state index >= 15 is 0 Å². The fourth-order valence-corrected chi connectivity index (χ4v) is 1.78. The number of fused-ring (bicyclic) bond motifs is 1. The highest BCUT2D eigenvalue weighted by Crippen LogP contribution is 2.20. The van der Waals surface area contributed by atoms with Crippen LogP contribution >= 0.6 is 0 Å². The molecule has 96 valence electrons. The molecule has 0 bridgehead atoms. The Hall–Kier alpha value is -3.13. The predicted octanol–water partition coefficient (Wildman–Crippen LogP) is 2.92. The summed E-state index contributed by atoms with van der Waals surface area (Å²) in [6, 6.07) is 13.2.